The average Bonchev–Trinajstić information content (AvgIpc) is 1.96. The highest BCUT2D eigenvalue weighted by molar-refractivity contribution is 14.1. The van der Waals surface area contributed by atoms with E-state index < -0.39 is 0 Å². The van der Waals surface area contributed by atoms with Gasteiger partial charge in [0.15, 0.2) is 5.75 Å². The van der Waals surface area contributed by atoms with Crippen molar-refractivity contribution >= 4 is 56.8 Å². The molecule has 0 fully saturated rings. The van der Waals surface area contributed by atoms with Crippen LogP contribution >= 0.6 is 56.8 Å². The lowest BCUT2D eigenvalue weighted by Gasteiger charge is -2.05. The van der Waals surface area contributed by atoms with Gasteiger partial charge >= 0.3 is 0 Å². The number of benzene rings is 1. The molecule has 0 amide bonds. The second-order valence-electron chi connectivity index (χ2n) is 1.98. The van der Waals surface area contributed by atoms with Crippen molar-refractivity contribution in [2.24, 2.45) is 0 Å². The third-order valence-corrected chi connectivity index (χ3v) is 2.99. The molecule has 0 aliphatic rings. The molecule has 1 aromatic rings. The summed E-state index contributed by atoms with van der Waals surface area (Å²) in [6.07, 6.45) is 1.41. The molecule has 0 spiro atoms. The molecule has 0 saturated heterocycles. The summed E-state index contributed by atoms with van der Waals surface area (Å²) in [6.45, 7) is 3.50. The van der Waals surface area contributed by atoms with Gasteiger partial charge in [0, 0.05) is 5.02 Å². The first-order valence-corrected chi connectivity index (χ1v) is 5.61. The summed E-state index contributed by atoms with van der Waals surface area (Å²) in [5.41, 5.74) is 0. The zero-order chi connectivity index (χ0) is 9.14. The molecule has 1 rings (SSSR count). The molecule has 1 nitrogen and oxygen atoms in total. The van der Waals surface area contributed by atoms with Crippen molar-refractivity contribution in [3.8, 4) is 5.75 Å². The summed E-state index contributed by atoms with van der Waals surface area (Å²) >= 11 is 10.2. The highest BCUT2D eigenvalue weighted by Crippen LogP contribution is 2.30. The highest BCUT2D eigenvalue weighted by atomic mass is 127. The standard InChI is InChI=1S/C8H5ClI2O/c1-2-12-8-6(10)3-5(9)4-7(8)11/h2-4H,1H2. The lowest BCUT2D eigenvalue weighted by atomic mass is 10.3. The fourth-order valence-electron chi connectivity index (χ4n) is 0.725. The van der Waals surface area contributed by atoms with Gasteiger partial charge in [-0.1, -0.05) is 18.2 Å². The van der Waals surface area contributed by atoms with E-state index in [1.165, 1.54) is 6.26 Å². The molecule has 0 aliphatic heterocycles. The number of hydrogen-bond acceptors (Lipinski definition) is 1. The Kier molecular flexibility index (Phi) is 4.12. The van der Waals surface area contributed by atoms with Crippen LogP contribution in [0.3, 0.4) is 0 Å². The second-order valence-corrected chi connectivity index (χ2v) is 4.74. The molecule has 0 saturated carbocycles. The maximum absolute atomic E-state index is 5.83. The van der Waals surface area contributed by atoms with Gasteiger partial charge in [0.2, 0.25) is 0 Å². The molecule has 0 heterocycles. The van der Waals surface area contributed by atoms with Crippen molar-refractivity contribution in [2.75, 3.05) is 0 Å². The van der Waals surface area contributed by atoms with E-state index in [2.05, 4.69) is 51.8 Å². The first kappa shape index (κ1) is 10.6. The number of ether oxygens (including phenoxy) is 1. The Balaban J connectivity index is 3.18. The zero-order valence-electron chi connectivity index (χ0n) is 5.98. The largest absolute Gasteiger partial charge is 0.463 e. The predicted octanol–water partition coefficient (Wildman–Crippen LogP) is 4.07. The van der Waals surface area contributed by atoms with E-state index in [0.29, 0.717) is 0 Å². The van der Waals surface area contributed by atoms with E-state index in [1.54, 1.807) is 0 Å². The van der Waals surface area contributed by atoms with Gasteiger partial charge in [-0.25, -0.2) is 0 Å². The normalized spacial score (nSPS) is 9.58. The van der Waals surface area contributed by atoms with E-state index in [0.717, 1.165) is 17.9 Å². The third kappa shape index (κ3) is 2.50. The monoisotopic (exact) mass is 406 g/mol. The van der Waals surface area contributed by atoms with E-state index >= 15 is 0 Å². The van der Waals surface area contributed by atoms with Crippen LogP contribution in [0.15, 0.2) is 25.0 Å². The van der Waals surface area contributed by atoms with Crippen molar-refractivity contribution < 1.29 is 4.74 Å². The minimum atomic E-state index is 0.722. The maximum atomic E-state index is 5.83. The molecule has 0 atom stereocenters. The van der Waals surface area contributed by atoms with Crippen molar-refractivity contribution in [3.05, 3.63) is 37.1 Å². The lowest BCUT2D eigenvalue weighted by molar-refractivity contribution is 0.476. The van der Waals surface area contributed by atoms with Crippen LogP contribution in [0.2, 0.25) is 5.02 Å². The van der Waals surface area contributed by atoms with E-state index in [1.807, 2.05) is 12.1 Å². The SMILES string of the molecule is C=COc1c(I)cc(Cl)cc1I. The topological polar surface area (TPSA) is 9.23 Å². The molecule has 0 aliphatic carbocycles. The number of hydrogen-bond donors (Lipinski definition) is 0. The van der Waals surface area contributed by atoms with Crippen molar-refractivity contribution in [2.45, 2.75) is 0 Å². The van der Waals surface area contributed by atoms with E-state index in [9.17, 15) is 0 Å². The highest BCUT2D eigenvalue weighted by Gasteiger charge is 2.06. The molecular formula is C8H5ClI2O. The fraction of sp³-hybridized carbons (Fsp3) is 0. The summed E-state index contributed by atoms with van der Waals surface area (Å²) in [7, 11) is 0. The second kappa shape index (κ2) is 4.66. The molecule has 12 heavy (non-hydrogen) atoms. The summed E-state index contributed by atoms with van der Waals surface area (Å²) in [5.74, 6) is 0.815. The average molecular weight is 406 g/mol. The van der Waals surface area contributed by atoms with Gasteiger partial charge in [-0.05, 0) is 57.3 Å². The van der Waals surface area contributed by atoms with Crippen LogP contribution in [-0.4, -0.2) is 0 Å². The van der Waals surface area contributed by atoms with Gasteiger partial charge in [-0.2, -0.15) is 0 Å². The van der Waals surface area contributed by atoms with Crippen LogP contribution in [0.5, 0.6) is 5.75 Å². The van der Waals surface area contributed by atoms with Gasteiger partial charge < -0.3 is 4.74 Å². The molecule has 4 heteroatoms. The molecule has 0 N–H and O–H groups in total. The first-order valence-electron chi connectivity index (χ1n) is 3.07. The van der Waals surface area contributed by atoms with Crippen molar-refractivity contribution in [1.82, 2.24) is 0 Å². The summed E-state index contributed by atoms with van der Waals surface area (Å²) in [5, 5.41) is 0.722. The Labute approximate surface area is 103 Å². The maximum Gasteiger partial charge on any atom is 0.153 e. The Hall–Kier alpha value is 0.510. The Morgan fingerprint density at radius 2 is 1.83 bits per heavy atom. The van der Waals surface area contributed by atoms with E-state index in [4.69, 9.17) is 16.3 Å². The molecule has 0 bridgehead atoms. The van der Waals surface area contributed by atoms with Crippen LogP contribution < -0.4 is 4.74 Å². The smallest absolute Gasteiger partial charge is 0.153 e. The summed E-state index contributed by atoms with van der Waals surface area (Å²) < 4.78 is 7.19. The number of rotatable bonds is 2. The van der Waals surface area contributed by atoms with Crippen LogP contribution in [0.1, 0.15) is 0 Å². The van der Waals surface area contributed by atoms with Crippen LogP contribution in [0, 0.1) is 7.14 Å². The molecule has 0 unspecified atom stereocenters. The quantitative estimate of drug-likeness (QED) is 0.532. The Morgan fingerprint density at radius 3 is 2.25 bits per heavy atom. The molecule has 0 aromatic heterocycles. The van der Waals surface area contributed by atoms with Gasteiger partial charge in [0.05, 0.1) is 13.4 Å². The van der Waals surface area contributed by atoms with Gasteiger partial charge in [-0.3, -0.25) is 0 Å². The lowest BCUT2D eigenvalue weighted by Crippen LogP contribution is -1.88. The third-order valence-electron chi connectivity index (χ3n) is 1.16. The summed E-state index contributed by atoms with van der Waals surface area (Å²) in [6, 6.07) is 3.70. The minimum absolute atomic E-state index is 0.722. The molecule has 0 radical (unpaired) electrons. The molecular weight excluding hydrogens is 401 g/mol. The van der Waals surface area contributed by atoms with Gasteiger partial charge in [-0.15, -0.1) is 0 Å². The molecule has 1 aromatic carbocycles. The van der Waals surface area contributed by atoms with Crippen LogP contribution in [-0.2, 0) is 0 Å². The van der Waals surface area contributed by atoms with Gasteiger partial charge in [0.25, 0.3) is 0 Å². The minimum Gasteiger partial charge on any atom is -0.463 e. The summed E-state index contributed by atoms with van der Waals surface area (Å²) in [4.78, 5) is 0. The zero-order valence-corrected chi connectivity index (χ0v) is 11.1. The Morgan fingerprint density at radius 1 is 1.33 bits per heavy atom. The van der Waals surface area contributed by atoms with Crippen LogP contribution in [0.4, 0.5) is 0 Å². The van der Waals surface area contributed by atoms with E-state index in [-0.39, 0.29) is 0 Å². The molecule has 64 valence electrons. The Bertz CT molecular complexity index is 289. The van der Waals surface area contributed by atoms with Crippen LogP contribution in [0.25, 0.3) is 0 Å². The first-order chi connectivity index (χ1) is 5.65. The van der Waals surface area contributed by atoms with Crippen molar-refractivity contribution in [3.63, 3.8) is 0 Å². The number of halogens is 3. The fourth-order valence-corrected chi connectivity index (χ4v) is 3.33. The predicted molar refractivity (Wildman–Crippen MR) is 67.7 cm³/mol. The van der Waals surface area contributed by atoms with Crippen molar-refractivity contribution in [1.29, 1.82) is 0 Å². The van der Waals surface area contributed by atoms with Gasteiger partial charge in [0.1, 0.15) is 0 Å².